The minimum atomic E-state index is -0.248. The van der Waals surface area contributed by atoms with Gasteiger partial charge in [0.2, 0.25) is 0 Å². The summed E-state index contributed by atoms with van der Waals surface area (Å²) in [7, 11) is 1.60. The average Bonchev–Trinajstić information content (AvgIpc) is 2.67. The molecule has 0 spiro atoms. The van der Waals surface area contributed by atoms with Crippen LogP contribution in [-0.2, 0) is 6.54 Å². The van der Waals surface area contributed by atoms with Crippen LogP contribution < -0.4 is 20.3 Å². The fourth-order valence-electron chi connectivity index (χ4n) is 3.01. The molecule has 1 aliphatic rings. The lowest BCUT2D eigenvalue weighted by molar-refractivity contribution is 0.251. The van der Waals surface area contributed by atoms with E-state index in [0.29, 0.717) is 18.0 Å². The molecule has 0 bridgehead atoms. The second kappa shape index (κ2) is 8.37. The number of carbonyl (C=O) groups is 1. The Morgan fingerprint density at radius 3 is 2.84 bits per heavy atom. The van der Waals surface area contributed by atoms with E-state index < -0.39 is 0 Å². The number of anilines is 2. The highest BCUT2D eigenvalue weighted by molar-refractivity contribution is 5.89. The molecule has 1 aliphatic heterocycles. The third-order valence-electron chi connectivity index (χ3n) is 4.29. The van der Waals surface area contributed by atoms with Gasteiger partial charge in [-0.2, -0.15) is 0 Å². The molecule has 0 saturated carbocycles. The largest absolute Gasteiger partial charge is 0.497 e. The van der Waals surface area contributed by atoms with Gasteiger partial charge in [0.1, 0.15) is 11.6 Å². The smallest absolute Gasteiger partial charge is 0.319 e. The number of aromatic nitrogens is 1. The van der Waals surface area contributed by atoms with Gasteiger partial charge in [-0.25, -0.2) is 9.78 Å². The lowest BCUT2D eigenvalue weighted by atomic mass is 10.1. The first kappa shape index (κ1) is 17.1. The molecule has 1 aromatic heterocycles. The SMILES string of the molecule is COc1cccc(NC(=O)NCc2cccnc2N2CCCCC2)c1. The normalized spacial score (nSPS) is 14.0. The first-order valence-electron chi connectivity index (χ1n) is 8.64. The number of benzene rings is 1. The van der Waals surface area contributed by atoms with Crippen LogP contribution in [-0.4, -0.2) is 31.2 Å². The molecule has 2 heterocycles. The Bertz CT molecular complexity index is 714. The third kappa shape index (κ3) is 4.62. The molecule has 0 radical (unpaired) electrons. The topological polar surface area (TPSA) is 66.5 Å². The van der Waals surface area contributed by atoms with Crippen molar-refractivity contribution in [3.05, 3.63) is 48.2 Å². The summed E-state index contributed by atoms with van der Waals surface area (Å²) in [6.45, 7) is 2.50. The summed E-state index contributed by atoms with van der Waals surface area (Å²) in [5.41, 5.74) is 1.73. The second-order valence-electron chi connectivity index (χ2n) is 6.07. The van der Waals surface area contributed by atoms with Crippen molar-refractivity contribution < 1.29 is 9.53 Å². The molecule has 1 saturated heterocycles. The van der Waals surface area contributed by atoms with Crippen molar-refractivity contribution in [1.29, 1.82) is 0 Å². The van der Waals surface area contributed by atoms with Crippen LogP contribution in [0.25, 0.3) is 0 Å². The van der Waals surface area contributed by atoms with E-state index >= 15 is 0 Å². The molecule has 1 aromatic carbocycles. The van der Waals surface area contributed by atoms with Gasteiger partial charge in [0.25, 0.3) is 0 Å². The number of rotatable bonds is 5. The minimum absolute atomic E-state index is 0.248. The number of carbonyl (C=O) groups excluding carboxylic acids is 1. The van der Waals surface area contributed by atoms with Crippen molar-refractivity contribution >= 4 is 17.5 Å². The summed E-state index contributed by atoms with van der Waals surface area (Å²) >= 11 is 0. The van der Waals surface area contributed by atoms with Gasteiger partial charge in [-0.1, -0.05) is 12.1 Å². The fourth-order valence-corrected chi connectivity index (χ4v) is 3.01. The van der Waals surface area contributed by atoms with E-state index in [1.807, 2.05) is 36.5 Å². The molecule has 6 nitrogen and oxygen atoms in total. The van der Waals surface area contributed by atoms with Crippen molar-refractivity contribution in [1.82, 2.24) is 10.3 Å². The van der Waals surface area contributed by atoms with Crippen LogP contribution >= 0.6 is 0 Å². The summed E-state index contributed by atoms with van der Waals surface area (Å²) in [6.07, 6.45) is 5.48. The molecule has 3 rings (SSSR count). The van der Waals surface area contributed by atoms with Crippen molar-refractivity contribution in [2.45, 2.75) is 25.8 Å². The summed E-state index contributed by atoms with van der Waals surface area (Å²) in [6, 6.07) is 11.0. The maximum absolute atomic E-state index is 12.2. The molecule has 132 valence electrons. The summed E-state index contributed by atoms with van der Waals surface area (Å²) in [5, 5.41) is 5.73. The molecule has 1 fully saturated rings. The monoisotopic (exact) mass is 340 g/mol. The Hall–Kier alpha value is -2.76. The van der Waals surface area contributed by atoms with Crippen LogP contribution in [0.3, 0.4) is 0 Å². The lowest BCUT2D eigenvalue weighted by Crippen LogP contribution is -2.33. The number of nitrogens with one attached hydrogen (secondary N) is 2. The first-order valence-corrected chi connectivity index (χ1v) is 8.64. The Kier molecular flexibility index (Phi) is 5.72. The van der Waals surface area contributed by atoms with Gasteiger partial charge in [-0.3, -0.25) is 0 Å². The zero-order chi connectivity index (χ0) is 17.5. The number of piperidine rings is 1. The molecule has 0 unspecified atom stereocenters. The number of nitrogens with zero attached hydrogens (tertiary/aromatic N) is 2. The van der Waals surface area contributed by atoms with Crippen molar-refractivity contribution in [3.63, 3.8) is 0 Å². The number of pyridine rings is 1. The zero-order valence-electron chi connectivity index (χ0n) is 14.5. The van der Waals surface area contributed by atoms with E-state index in [9.17, 15) is 4.79 Å². The van der Waals surface area contributed by atoms with Crippen LogP contribution in [0.4, 0.5) is 16.3 Å². The van der Waals surface area contributed by atoms with Gasteiger partial charge in [0.15, 0.2) is 0 Å². The van der Waals surface area contributed by atoms with Gasteiger partial charge in [0, 0.05) is 43.1 Å². The minimum Gasteiger partial charge on any atom is -0.497 e. The Balaban J connectivity index is 1.60. The third-order valence-corrected chi connectivity index (χ3v) is 4.29. The van der Waals surface area contributed by atoms with Crippen molar-refractivity contribution in [2.24, 2.45) is 0 Å². The van der Waals surface area contributed by atoms with E-state index in [1.54, 1.807) is 13.2 Å². The van der Waals surface area contributed by atoms with E-state index in [-0.39, 0.29) is 6.03 Å². The highest BCUT2D eigenvalue weighted by Crippen LogP contribution is 2.21. The maximum Gasteiger partial charge on any atom is 0.319 e. The van der Waals surface area contributed by atoms with Gasteiger partial charge in [-0.15, -0.1) is 0 Å². The lowest BCUT2D eigenvalue weighted by Gasteiger charge is -2.29. The Morgan fingerprint density at radius 2 is 2.04 bits per heavy atom. The van der Waals surface area contributed by atoms with Crippen molar-refractivity contribution in [3.8, 4) is 5.75 Å². The number of ether oxygens (including phenoxy) is 1. The molecular weight excluding hydrogens is 316 g/mol. The van der Waals surface area contributed by atoms with E-state index in [0.717, 1.165) is 24.5 Å². The van der Waals surface area contributed by atoms with Crippen LogP contribution in [0, 0.1) is 0 Å². The van der Waals surface area contributed by atoms with Crippen molar-refractivity contribution in [2.75, 3.05) is 30.4 Å². The molecule has 2 aromatic rings. The maximum atomic E-state index is 12.2. The summed E-state index contributed by atoms with van der Waals surface area (Å²) in [5.74, 6) is 1.68. The van der Waals surface area contributed by atoms with Gasteiger partial charge >= 0.3 is 6.03 Å². The molecule has 0 aliphatic carbocycles. The number of hydrogen-bond acceptors (Lipinski definition) is 4. The molecule has 0 atom stereocenters. The van der Waals surface area contributed by atoms with E-state index in [2.05, 4.69) is 20.5 Å². The number of amides is 2. The predicted molar refractivity (Wildman–Crippen MR) is 99.2 cm³/mol. The number of urea groups is 1. The van der Waals surface area contributed by atoms with Crippen LogP contribution in [0.5, 0.6) is 5.75 Å². The Morgan fingerprint density at radius 1 is 1.20 bits per heavy atom. The molecule has 2 N–H and O–H groups in total. The van der Waals surface area contributed by atoms with Crippen LogP contribution in [0.1, 0.15) is 24.8 Å². The van der Waals surface area contributed by atoms with E-state index in [1.165, 1.54) is 19.3 Å². The molecular formula is C19H24N4O2. The standard InChI is InChI=1S/C19H24N4O2/c1-25-17-9-5-8-16(13-17)22-19(24)21-14-15-7-6-10-20-18(15)23-11-3-2-4-12-23/h5-10,13H,2-4,11-12,14H2,1H3,(H2,21,22,24). The molecule has 25 heavy (non-hydrogen) atoms. The fraction of sp³-hybridized carbons (Fsp3) is 0.368. The number of hydrogen-bond donors (Lipinski definition) is 2. The zero-order valence-corrected chi connectivity index (χ0v) is 14.5. The molecule has 6 heteroatoms. The molecule has 2 amide bonds. The van der Waals surface area contributed by atoms with E-state index in [4.69, 9.17) is 4.74 Å². The quantitative estimate of drug-likeness (QED) is 0.875. The second-order valence-corrected chi connectivity index (χ2v) is 6.07. The average molecular weight is 340 g/mol. The highest BCUT2D eigenvalue weighted by Gasteiger charge is 2.15. The van der Waals surface area contributed by atoms with Gasteiger partial charge < -0.3 is 20.3 Å². The van der Waals surface area contributed by atoms with Crippen LogP contribution in [0.2, 0.25) is 0 Å². The predicted octanol–water partition coefficient (Wildman–Crippen LogP) is 3.40. The Labute approximate surface area is 148 Å². The first-order chi connectivity index (χ1) is 12.3. The van der Waals surface area contributed by atoms with Crippen LogP contribution in [0.15, 0.2) is 42.6 Å². The number of methoxy groups -OCH3 is 1. The summed E-state index contributed by atoms with van der Waals surface area (Å²) in [4.78, 5) is 19.0. The highest BCUT2D eigenvalue weighted by atomic mass is 16.5. The van der Waals surface area contributed by atoms with Gasteiger partial charge in [-0.05, 0) is 37.5 Å². The summed E-state index contributed by atoms with van der Waals surface area (Å²) < 4.78 is 5.16. The van der Waals surface area contributed by atoms with Gasteiger partial charge in [0.05, 0.1) is 7.11 Å².